The molecule has 33 heavy (non-hydrogen) atoms. The maximum atomic E-state index is 13.2. The zero-order chi connectivity index (χ0) is 23.4. The Morgan fingerprint density at radius 3 is 2.42 bits per heavy atom. The highest BCUT2D eigenvalue weighted by Gasteiger charge is 2.29. The molecule has 0 radical (unpaired) electrons. The van der Waals surface area contributed by atoms with Crippen LogP contribution in [-0.4, -0.2) is 45.5 Å². The maximum absolute atomic E-state index is 13.2. The summed E-state index contributed by atoms with van der Waals surface area (Å²) >= 11 is 0. The molecule has 4 rings (SSSR count). The Kier molecular flexibility index (Phi) is 6.55. The van der Waals surface area contributed by atoms with Crippen molar-refractivity contribution in [3.8, 4) is 5.75 Å². The van der Waals surface area contributed by atoms with Gasteiger partial charge in [0.15, 0.2) is 0 Å². The van der Waals surface area contributed by atoms with Crippen LogP contribution in [0.4, 0.5) is 11.4 Å². The standard InChI is InChI=1S/C25H27N3O4S/c1-18-8-11-21(12-9-18)27-33(30,31)24-16-19(10-13-23(24)32-2)25(29)28-15-14-22(17-28)26-20-6-4-3-5-7-20/h3-13,16,22,26-27H,14-15,17H2,1-2H3. The molecule has 0 aliphatic carbocycles. The van der Waals surface area contributed by atoms with E-state index in [1.165, 1.54) is 19.2 Å². The second-order valence-corrected chi connectivity index (χ2v) is 9.74. The van der Waals surface area contributed by atoms with E-state index in [-0.39, 0.29) is 22.6 Å². The van der Waals surface area contributed by atoms with Gasteiger partial charge in [-0.05, 0) is 55.8 Å². The number of sulfonamides is 1. The topological polar surface area (TPSA) is 87.7 Å². The molecule has 0 aromatic heterocycles. The number of anilines is 2. The van der Waals surface area contributed by atoms with Crippen LogP contribution >= 0.6 is 0 Å². The van der Waals surface area contributed by atoms with Gasteiger partial charge in [-0.15, -0.1) is 0 Å². The first kappa shape index (κ1) is 22.7. The molecule has 1 aliphatic rings. The molecule has 1 unspecified atom stereocenters. The number of methoxy groups -OCH3 is 1. The van der Waals surface area contributed by atoms with Crippen molar-refractivity contribution in [1.29, 1.82) is 0 Å². The molecule has 1 aliphatic heterocycles. The average Bonchev–Trinajstić information content (AvgIpc) is 3.28. The molecule has 7 nitrogen and oxygen atoms in total. The highest BCUT2D eigenvalue weighted by Crippen LogP contribution is 2.28. The number of hydrogen-bond acceptors (Lipinski definition) is 5. The monoisotopic (exact) mass is 465 g/mol. The number of likely N-dealkylation sites (tertiary alicyclic amines) is 1. The SMILES string of the molecule is COc1ccc(C(=O)N2CCC(Nc3ccccc3)C2)cc1S(=O)(=O)Nc1ccc(C)cc1. The van der Waals surface area contributed by atoms with Crippen LogP contribution in [0.3, 0.4) is 0 Å². The molecule has 0 bridgehead atoms. The van der Waals surface area contributed by atoms with Crippen LogP contribution in [0.15, 0.2) is 77.7 Å². The minimum Gasteiger partial charge on any atom is -0.495 e. The molecule has 1 saturated heterocycles. The van der Waals surface area contributed by atoms with E-state index >= 15 is 0 Å². The first-order chi connectivity index (χ1) is 15.9. The Morgan fingerprint density at radius 2 is 1.73 bits per heavy atom. The first-order valence-corrected chi connectivity index (χ1v) is 12.2. The van der Waals surface area contributed by atoms with E-state index in [1.54, 1.807) is 23.1 Å². The summed E-state index contributed by atoms with van der Waals surface area (Å²) in [5.41, 5.74) is 2.78. The third-order valence-corrected chi connectivity index (χ3v) is 7.03. The second-order valence-electron chi connectivity index (χ2n) is 8.08. The van der Waals surface area contributed by atoms with Crippen LogP contribution in [-0.2, 0) is 10.0 Å². The van der Waals surface area contributed by atoms with Gasteiger partial charge in [0.2, 0.25) is 0 Å². The van der Waals surface area contributed by atoms with Crippen LogP contribution in [0, 0.1) is 6.92 Å². The Labute approximate surface area is 194 Å². The minimum absolute atomic E-state index is 0.0745. The number of nitrogens with one attached hydrogen (secondary N) is 2. The fraction of sp³-hybridized carbons (Fsp3) is 0.240. The summed E-state index contributed by atoms with van der Waals surface area (Å²) in [7, 11) is -2.55. The molecule has 3 aromatic rings. The molecule has 0 saturated carbocycles. The lowest BCUT2D eigenvalue weighted by molar-refractivity contribution is 0.0791. The Bertz CT molecular complexity index is 1230. The number of ether oxygens (including phenoxy) is 1. The molecule has 0 spiro atoms. The fourth-order valence-electron chi connectivity index (χ4n) is 3.87. The smallest absolute Gasteiger partial charge is 0.265 e. The largest absolute Gasteiger partial charge is 0.495 e. The Morgan fingerprint density at radius 1 is 1.00 bits per heavy atom. The summed E-state index contributed by atoms with van der Waals surface area (Å²) in [6.07, 6.45) is 0.816. The summed E-state index contributed by atoms with van der Waals surface area (Å²) < 4.78 is 34.0. The van der Waals surface area contributed by atoms with E-state index in [0.29, 0.717) is 24.3 Å². The average molecular weight is 466 g/mol. The zero-order valence-corrected chi connectivity index (χ0v) is 19.4. The molecule has 1 amide bonds. The minimum atomic E-state index is -3.96. The predicted molar refractivity (Wildman–Crippen MR) is 129 cm³/mol. The van der Waals surface area contributed by atoms with Gasteiger partial charge in [-0.3, -0.25) is 9.52 Å². The lowest BCUT2D eigenvalue weighted by Gasteiger charge is -2.19. The van der Waals surface area contributed by atoms with E-state index in [4.69, 9.17) is 4.74 Å². The van der Waals surface area contributed by atoms with E-state index in [0.717, 1.165) is 17.7 Å². The molecule has 1 fully saturated rings. The van der Waals surface area contributed by atoms with Crippen molar-refractivity contribution in [3.05, 3.63) is 83.9 Å². The van der Waals surface area contributed by atoms with Crippen LogP contribution in [0.2, 0.25) is 0 Å². The van der Waals surface area contributed by atoms with Crippen molar-refractivity contribution in [2.75, 3.05) is 30.2 Å². The van der Waals surface area contributed by atoms with Gasteiger partial charge >= 0.3 is 0 Å². The van der Waals surface area contributed by atoms with Crippen LogP contribution in [0.25, 0.3) is 0 Å². The van der Waals surface area contributed by atoms with Gasteiger partial charge in [0.1, 0.15) is 10.6 Å². The normalized spacial score (nSPS) is 15.8. The maximum Gasteiger partial charge on any atom is 0.265 e. The number of carbonyl (C=O) groups is 1. The number of hydrogen-bond donors (Lipinski definition) is 2. The van der Waals surface area contributed by atoms with Gasteiger partial charge in [-0.1, -0.05) is 35.9 Å². The van der Waals surface area contributed by atoms with Crippen molar-refractivity contribution in [3.63, 3.8) is 0 Å². The highest BCUT2D eigenvalue weighted by atomic mass is 32.2. The zero-order valence-electron chi connectivity index (χ0n) is 18.6. The van der Waals surface area contributed by atoms with Crippen LogP contribution < -0.4 is 14.8 Å². The Balaban J connectivity index is 1.52. The van der Waals surface area contributed by atoms with Gasteiger partial charge in [0, 0.05) is 36.1 Å². The second kappa shape index (κ2) is 9.54. The van der Waals surface area contributed by atoms with Crippen molar-refractivity contribution in [2.24, 2.45) is 0 Å². The highest BCUT2D eigenvalue weighted by molar-refractivity contribution is 7.92. The molecule has 1 atom stereocenters. The quantitative estimate of drug-likeness (QED) is 0.548. The van der Waals surface area contributed by atoms with Crippen LogP contribution in [0.5, 0.6) is 5.75 Å². The van der Waals surface area contributed by atoms with Gasteiger partial charge in [-0.25, -0.2) is 8.42 Å². The fourth-order valence-corrected chi connectivity index (χ4v) is 5.12. The van der Waals surface area contributed by atoms with Crippen molar-refractivity contribution < 1.29 is 17.9 Å². The van der Waals surface area contributed by atoms with Gasteiger partial charge in [0.25, 0.3) is 15.9 Å². The van der Waals surface area contributed by atoms with Gasteiger partial charge in [0.05, 0.1) is 7.11 Å². The summed E-state index contributed by atoms with van der Waals surface area (Å²) in [5.74, 6) is -0.0296. The molecular weight excluding hydrogens is 438 g/mol. The summed E-state index contributed by atoms with van der Waals surface area (Å²) in [5, 5.41) is 3.44. The number of amides is 1. The number of nitrogens with zero attached hydrogens (tertiary/aromatic N) is 1. The van der Waals surface area contributed by atoms with E-state index in [1.807, 2.05) is 49.4 Å². The number of rotatable bonds is 7. The predicted octanol–water partition coefficient (Wildman–Crippen LogP) is 4.13. The lowest BCUT2D eigenvalue weighted by Crippen LogP contribution is -2.31. The molecular formula is C25H27N3O4S. The van der Waals surface area contributed by atoms with Crippen LogP contribution in [0.1, 0.15) is 22.3 Å². The molecule has 3 aromatic carbocycles. The molecule has 2 N–H and O–H groups in total. The summed E-state index contributed by atoms with van der Waals surface area (Å²) in [4.78, 5) is 14.8. The van der Waals surface area contributed by atoms with E-state index < -0.39 is 10.0 Å². The first-order valence-electron chi connectivity index (χ1n) is 10.7. The molecule has 172 valence electrons. The molecule has 8 heteroatoms. The third kappa shape index (κ3) is 5.28. The van der Waals surface area contributed by atoms with Crippen molar-refractivity contribution in [2.45, 2.75) is 24.3 Å². The summed E-state index contributed by atoms with van der Waals surface area (Å²) in [6.45, 7) is 3.07. The number of para-hydroxylation sites is 1. The van der Waals surface area contributed by atoms with Gasteiger partial charge in [-0.2, -0.15) is 0 Å². The van der Waals surface area contributed by atoms with Crippen molar-refractivity contribution >= 4 is 27.3 Å². The lowest BCUT2D eigenvalue weighted by atomic mass is 10.2. The van der Waals surface area contributed by atoms with Crippen molar-refractivity contribution in [1.82, 2.24) is 4.90 Å². The van der Waals surface area contributed by atoms with E-state index in [2.05, 4.69) is 10.0 Å². The van der Waals surface area contributed by atoms with Gasteiger partial charge < -0.3 is 15.0 Å². The number of benzene rings is 3. The summed E-state index contributed by atoms with van der Waals surface area (Å²) in [6, 6.07) is 21.5. The third-order valence-electron chi connectivity index (χ3n) is 5.62. The molecule has 1 heterocycles. The number of aryl methyl sites for hydroxylation is 1. The van der Waals surface area contributed by atoms with E-state index in [9.17, 15) is 13.2 Å². The number of carbonyl (C=O) groups excluding carboxylic acids is 1. The Hall–Kier alpha value is -3.52.